The van der Waals surface area contributed by atoms with Crippen molar-refractivity contribution >= 4 is 21.8 Å². The molecule has 7 heteroatoms. The lowest BCUT2D eigenvalue weighted by molar-refractivity contribution is 0.475. The van der Waals surface area contributed by atoms with Gasteiger partial charge in [0.1, 0.15) is 5.75 Å². The molecule has 2 aromatic carbocycles. The summed E-state index contributed by atoms with van der Waals surface area (Å²) >= 11 is 0. The molecule has 126 valence electrons. The number of phenols is 1. The number of hydrogen-bond donors (Lipinski definition) is 2. The average molecular weight is 353 g/mol. The largest absolute Gasteiger partial charge is 0.508 e. The molecule has 0 unspecified atom stereocenters. The van der Waals surface area contributed by atoms with E-state index in [2.05, 4.69) is 14.7 Å². The molecule has 2 N–H and O–H groups in total. The summed E-state index contributed by atoms with van der Waals surface area (Å²) in [6.07, 6.45) is 4.25. The third-order valence-electron chi connectivity index (χ3n) is 3.26. The Balaban J connectivity index is 1.73. The van der Waals surface area contributed by atoms with Gasteiger partial charge in [-0.1, -0.05) is 42.5 Å². The third kappa shape index (κ3) is 4.65. The molecule has 0 spiro atoms. The third-order valence-corrected chi connectivity index (χ3v) is 4.27. The van der Waals surface area contributed by atoms with Gasteiger partial charge in [-0.2, -0.15) is 0 Å². The van der Waals surface area contributed by atoms with Crippen LogP contribution in [0.5, 0.6) is 5.75 Å². The first-order valence-electron chi connectivity index (χ1n) is 7.39. The molecule has 1 heterocycles. The van der Waals surface area contributed by atoms with Crippen molar-refractivity contribution in [3.05, 3.63) is 78.0 Å². The van der Waals surface area contributed by atoms with E-state index in [1.54, 1.807) is 30.3 Å². The summed E-state index contributed by atoms with van der Waals surface area (Å²) in [5.41, 5.74) is 1.67. The Morgan fingerprint density at radius 2 is 1.68 bits per heavy atom. The van der Waals surface area contributed by atoms with Crippen LogP contribution in [0.3, 0.4) is 0 Å². The molecule has 0 aliphatic rings. The van der Waals surface area contributed by atoms with Crippen LogP contribution in [0.25, 0.3) is 17.5 Å². The Kier molecular flexibility index (Phi) is 4.76. The topological polar surface area (TPSA) is 92.2 Å². The molecule has 0 bridgehead atoms. The van der Waals surface area contributed by atoms with E-state index in [9.17, 15) is 13.5 Å². The van der Waals surface area contributed by atoms with Crippen LogP contribution in [-0.4, -0.2) is 23.5 Å². The Hall–Kier alpha value is -3.19. The minimum absolute atomic E-state index is 0.108. The number of benzene rings is 2. The van der Waals surface area contributed by atoms with Gasteiger partial charge in [-0.05, 0) is 23.8 Å². The van der Waals surface area contributed by atoms with Crippen LogP contribution in [0.2, 0.25) is 0 Å². The van der Waals surface area contributed by atoms with Crippen LogP contribution in [0, 0.1) is 0 Å². The van der Waals surface area contributed by atoms with Crippen molar-refractivity contribution in [1.29, 1.82) is 0 Å². The minimum Gasteiger partial charge on any atom is -0.508 e. The monoisotopic (exact) mass is 353 g/mol. The van der Waals surface area contributed by atoms with E-state index in [1.807, 2.05) is 18.2 Å². The van der Waals surface area contributed by atoms with E-state index in [0.29, 0.717) is 11.4 Å². The summed E-state index contributed by atoms with van der Waals surface area (Å²) < 4.78 is 26.6. The molecule has 0 atom stereocenters. The van der Waals surface area contributed by atoms with E-state index in [-0.39, 0.29) is 11.4 Å². The maximum absolute atomic E-state index is 12.1. The van der Waals surface area contributed by atoms with Crippen molar-refractivity contribution in [3.63, 3.8) is 0 Å². The normalized spacial score (nSPS) is 11.5. The number of rotatable bonds is 5. The van der Waals surface area contributed by atoms with Gasteiger partial charge in [0.2, 0.25) is 0 Å². The molecule has 0 radical (unpaired) electrons. The SMILES string of the molecule is O=S(=O)(/C=C/c1ccccc1)Nc1cnc(-c2cccc(O)c2)nc1. The van der Waals surface area contributed by atoms with Crippen LogP contribution in [0.4, 0.5) is 5.69 Å². The minimum atomic E-state index is -3.67. The Morgan fingerprint density at radius 1 is 0.960 bits per heavy atom. The van der Waals surface area contributed by atoms with E-state index < -0.39 is 10.0 Å². The fourth-order valence-electron chi connectivity index (χ4n) is 2.11. The highest BCUT2D eigenvalue weighted by Gasteiger charge is 2.08. The molecule has 0 saturated heterocycles. The van der Waals surface area contributed by atoms with Gasteiger partial charge in [0.25, 0.3) is 10.0 Å². The summed E-state index contributed by atoms with van der Waals surface area (Å²) in [5.74, 6) is 0.496. The van der Waals surface area contributed by atoms with Crippen LogP contribution >= 0.6 is 0 Å². The second-order valence-corrected chi connectivity index (χ2v) is 6.77. The Bertz CT molecular complexity index is 986. The summed E-state index contributed by atoms with van der Waals surface area (Å²) in [5, 5.41) is 10.6. The lowest BCUT2D eigenvalue weighted by Gasteiger charge is -2.05. The van der Waals surface area contributed by atoms with Crippen LogP contribution in [-0.2, 0) is 10.0 Å². The molecule has 1 aromatic heterocycles. The second-order valence-electron chi connectivity index (χ2n) is 5.21. The average Bonchev–Trinajstić information content (AvgIpc) is 2.61. The number of nitrogens with one attached hydrogen (secondary N) is 1. The lowest BCUT2D eigenvalue weighted by atomic mass is 10.2. The van der Waals surface area contributed by atoms with E-state index in [4.69, 9.17) is 0 Å². The number of nitrogens with zero attached hydrogens (tertiary/aromatic N) is 2. The van der Waals surface area contributed by atoms with Crippen LogP contribution < -0.4 is 4.72 Å². The van der Waals surface area contributed by atoms with Crippen LogP contribution in [0.15, 0.2) is 72.4 Å². The molecule has 0 fully saturated rings. The predicted octanol–water partition coefficient (Wildman–Crippen LogP) is 3.26. The van der Waals surface area contributed by atoms with E-state index in [1.165, 1.54) is 24.5 Å². The zero-order chi connectivity index (χ0) is 17.7. The summed E-state index contributed by atoms with van der Waals surface area (Å²) in [6, 6.07) is 15.6. The van der Waals surface area contributed by atoms with Gasteiger partial charge in [0.15, 0.2) is 5.82 Å². The van der Waals surface area contributed by atoms with Gasteiger partial charge in [0, 0.05) is 5.56 Å². The van der Waals surface area contributed by atoms with E-state index >= 15 is 0 Å². The quantitative estimate of drug-likeness (QED) is 0.734. The first kappa shape index (κ1) is 16.7. The molecule has 6 nitrogen and oxygen atoms in total. The Labute approximate surface area is 145 Å². The fraction of sp³-hybridized carbons (Fsp3) is 0. The number of phenolic OH excluding ortho intramolecular Hbond substituents is 1. The van der Waals surface area contributed by atoms with Gasteiger partial charge < -0.3 is 5.11 Å². The molecule has 25 heavy (non-hydrogen) atoms. The molecule has 3 aromatic rings. The predicted molar refractivity (Wildman–Crippen MR) is 97.2 cm³/mol. The molecule has 3 rings (SSSR count). The zero-order valence-corrected chi connectivity index (χ0v) is 13.9. The number of aromatic hydroxyl groups is 1. The maximum atomic E-state index is 12.1. The smallest absolute Gasteiger partial charge is 0.255 e. The highest BCUT2D eigenvalue weighted by Crippen LogP contribution is 2.20. The summed E-state index contributed by atoms with van der Waals surface area (Å²) in [6.45, 7) is 0. The van der Waals surface area contributed by atoms with Gasteiger partial charge in [-0.25, -0.2) is 18.4 Å². The zero-order valence-electron chi connectivity index (χ0n) is 13.1. The van der Waals surface area contributed by atoms with Crippen molar-refractivity contribution in [2.45, 2.75) is 0 Å². The molecule has 0 aliphatic carbocycles. The summed E-state index contributed by atoms with van der Waals surface area (Å²) in [4.78, 5) is 8.24. The summed E-state index contributed by atoms with van der Waals surface area (Å²) in [7, 11) is -3.67. The van der Waals surface area contributed by atoms with Gasteiger partial charge in [-0.3, -0.25) is 4.72 Å². The van der Waals surface area contributed by atoms with Gasteiger partial charge in [-0.15, -0.1) is 0 Å². The Morgan fingerprint density at radius 3 is 2.36 bits per heavy atom. The van der Waals surface area contributed by atoms with Crippen molar-refractivity contribution in [3.8, 4) is 17.1 Å². The number of anilines is 1. The standard InChI is InChI=1S/C18H15N3O3S/c22-17-8-4-7-15(11-17)18-19-12-16(13-20-18)21-25(23,24)10-9-14-5-2-1-3-6-14/h1-13,21-22H/b10-9+. The lowest BCUT2D eigenvalue weighted by Crippen LogP contribution is -2.09. The first-order valence-corrected chi connectivity index (χ1v) is 8.94. The maximum Gasteiger partial charge on any atom is 0.255 e. The highest BCUT2D eigenvalue weighted by molar-refractivity contribution is 7.95. The number of sulfonamides is 1. The van der Waals surface area contributed by atoms with Crippen molar-refractivity contribution < 1.29 is 13.5 Å². The van der Waals surface area contributed by atoms with Crippen molar-refractivity contribution in [2.24, 2.45) is 0 Å². The molecule has 0 amide bonds. The fourth-order valence-corrected chi connectivity index (χ4v) is 2.94. The molecular formula is C18H15N3O3S. The van der Waals surface area contributed by atoms with Gasteiger partial charge >= 0.3 is 0 Å². The van der Waals surface area contributed by atoms with Crippen molar-refractivity contribution in [1.82, 2.24) is 9.97 Å². The molecule has 0 aliphatic heterocycles. The van der Waals surface area contributed by atoms with E-state index in [0.717, 1.165) is 11.0 Å². The highest BCUT2D eigenvalue weighted by atomic mass is 32.2. The van der Waals surface area contributed by atoms with Crippen molar-refractivity contribution in [2.75, 3.05) is 4.72 Å². The van der Waals surface area contributed by atoms with Gasteiger partial charge in [0.05, 0.1) is 23.5 Å². The number of hydrogen-bond acceptors (Lipinski definition) is 5. The number of aromatic nitrogens is 2. The molecular weight excluding hydrogens is 338 g/mol. The molecule has 0 saturated carbocycles. The first-order chi connectivity index (χ1) is 12.0. The van der Waals surface area contributed by atoms with Crippen LogP contribution in [0.1, 0.15) is 5.56 Å². The second kappa shape index (κ2) is 7.14.